The summed E-state index contributed by atoms with van der Waals surface area (Å²) in [5.74, 6) is 0. The lowest BCUT2D eigenvalue weighted by Gasteiger charge is -2.36. The van der Waals surface area contributed by atoms with Crippen LogP contribution in [0.15, 0.2) is 176 Å². The number of aromatic nitrogens is 1. The van der Waals surface area contributed by atoms with Crippen LogP contribution in [0.1, 0.15) is 11.1 Å². The molecule has 0 amide bonds. The van der Waals surface area contributed by atoms with Crippen molar-refractivity contribution in [2.45, 2.75) is 0 Å². The van der Waals surface area contributed by atoms with Crippen LogP contribution in [0.3, 0.4) is 0 Å². The molecule has 0 radical (unpaired) electrons. The first-order chi connectivity index (χ1) is 23.7. The number of nitriles is 2. The molecule has 0 spiro atoms. The van der Waals surface area contributed by atoms with Gasteiger partial charge in [-0.15, -0.1) is 0 Å². The molecule has 0 bridgehead atoms. The smallest absolute Gasteiger partial charge is 0.180 e. The fourth-order valence-electron chi connectivity index (χ4n) is 7.32. The average Bonchev–Trinajstić information content (AvgIpc) is 3.49. The highest BCUT2D eigenvalue weighted by molar-refractivity contribution is 7.20. The molecule has 0 aliphatic carbocycles. The largest absolute Gasteiger partial charge is 0.309 e. The molecule has 1 heterocycles. The van der Waals surface area contributed by atoms with Gasteiger partial charge in [-0.05, 0) is 80.4 Å². The van der Waals surface area contributed by atoms with Crippen LogP contribution < -0.4 is 20.7 Å². The molecule has 0 fully saturated rings. The predicted molar refractivity (Wildman–Crippen MR) is 199 cm³/mol. The maximum atomic E-state index is 9.62. The topological polar surface area (TPSA) is 52.5 Å². The number of hydrogen-bond donors (Lipinski definition) is 0. The Bertz CT molecular complexity index is 2340. The molecule has 1 aromatic heterocycles. The highest BCUT2D eigenvalue weighted by atomic mass is 28.3. The summed E-state index contributed by atoms with van der Waals surface area (Å²) in [6, 6.07) is 66.8. The van der Waals surface area contributed by atoms with E-state index in [0.717, 1.165) is 33.1 Å². The van der Waals surface area contributed by atoms with E-state index in [1.807, 2.05) is 36.4 Å². The van der Waals surface area contributed by atoms with Crippen molar-refractivity contribution >= 4 is 50.6 Å². The highest BCUT2D eigenvalue weighted by Gasteiger charge is 2.42. The minimum absolute atomic E-state index is 0.596. The lowest BCUT2D eigenvalue weighted by atomic mass is 10.1. The van der Waals surface area contributed by atoms with Crippen LogP contribution in [-0.2, 0) is 0 Å². The fourth-order valence-corrected chi connectivity index (χ4v) is 12.3. The molecule has 0 N–H and O–H groups in total. The van der Waals surface area contributed by atoms with Crippen molar-refractivity contribution in [2.24, 2.45) is 0 Å². The minimum atomic E-state index is -2.74. The Morgan fingerprint density at radius 3 is 1.33 bits per heavy atom. The number of fused-ring (bicyclic) bond motifs is 3. The summed E-state index contributed by atoms with van der Waals surface area (Å²) in [6.07, 6.45) is 0. The molecule has 224 valence electrons. The summed E-state index contributed by atoms with van der Waals surface area (Å²) >= 11 is 0. The van der Waals surface area contributed by atoms with Crippen molar-refractivity contribution < 1.29 is 0 Å². The molecule has 0 unspecified atom stereocenters. The van der Waals surface area contributed by atoms with E-state index in [1.165, 1.54) is 26.3 Å². The van der Waals surface area contributed by atoms with Gasteiger partial charge in [0.1, 0.15) is 0 Å². The molecule has 0 saturated carbocycles. The maximum Gasteiger partial charge on any atom is 0.180 e. The lowest BCUT2D eigenvalue weighted by molar-refractivity contribution is 1.18. The zero-order chi connectivity index (χ0) is 32.5. The van der Waals surface area contributed by atoms with Gasteiger partial charge in [-0.3, -0.25) is 0 Å². The van der Waals surface area contributed by atoms with Gasteiger partial charge in [-0.2, -0.15) is 10.5 Å². The lowest BCUT2D eigenvalue weighted by Crippen LogP contribution is -2.75. The van der Waals surface area contributed by atoms with E-state index >= 15 is 0 Å². The van der Waals surface area contributed by atoms with Crippen LogP contribution in [0.5, 0.6) is 0 Å². The third-order valence-corrected chi connectivity index (χ3v) is 14.3. The predicted octanol–water partition coefficient (Wildman–Crippen LogP) is 7.57. The second kappa shape index (κ2) is 12.0. The molecular weight excluding hydrogens is 599 g/mol. The van der Waals surface area contributed by atoms with Gasteiger partial charge in [0.25, 0.3) is 0 Å². The SMILES string of the molecule is N#Cc1ccc2c(c1)c1cc(C#N)ccc1n2-c1ccc(-c2ccccc2[Si](c2ccccc2)(c2ccccc2)c2ccccc2)cc1. The molecular formula is C44H29N3Si. The normalized spacial score (nSPS) is 11.3. The van der Waals surface area contributed by atoms with Crippen molar-refractivity contribution in [3.8, 4) is 29.0 Å². The first-order valence-electron chi connectivity index (χ1n) is 16.0. The van der Waals surface area contributed by atoms with Crippen LogP contribution in [0.4, 0.5) is 0 Å². The summed E-state index contributed by atoms with van der Waals surface area (Å²) < 4.78 is 2.22. The molecule has 4 heteroatoms. The molecule has 3 nitrogen and oxygen atoms in total. The quantitative estimate of drug-likeness (QED) is 0.141. The summed E-state index contributed by atoms with van der Waals surface area (Å²) in [5.41, 5.74) is 6.56. The molecule has 48 heavy (non-hydrogen) atoms. The molecule has 8 aromatic rings. The van der Waals surface area contributed by atoms with Crippen LogP contribution in [-0.4, -0.2) is 12.6 Å². The molecule has 0 aliphatic rings. The molecule has 8 rings (SSSR count). The van der Waals surface area contributed by atoms with Crippen molar-refractivity contribution in [2.75, 3.05) is 0 Å². The second-order valence-electron chi connectivity index (χ2n) is 12.0. The first-order valence-corrected chi connectivity index (χ1v) is 18.0. The second-order valence-corrected chi connectivity index (χ2v) is 15.7. The fraction of sp³-hybridized carbons (Fsp3) is 0. The summed E-state index contributed by atoms with van der Waals surface area (Å²) in [7, 11) is -2.74. The van der Waals surface area contributed by atoms with Crippen LogP contribution in [0.2, 0.25) is 0 Å². The van der Waals surface area contributed by atoms with Crippen LogP contribution in [0.25, 0.3) is 38.6 Å². The van der Waals surface area contributed by atoms with Gasteiger partial charge in [-0.1, -0.05) is 127 Å². The van der Waals surface area contributed by atoms with Gasteiger partial charge >= 0.3 is 0 Å². The Hall–Kier alpha value is -6.46. The molecule has 0 aliphatic heterocycles. The van der Waals surface area contributed by atoms with E-state index in [4.69, 9.17) is 0 Å². The van der Waals surface area contributed by atoms with E-state index in [9.17, 15) is 10.5 Å². The monoisotopic (exact) mass is 627 g/mol. The van der Waals surface area contributed by atoms with Gasteiger partial charge in [0.2, 0.25) is 0 Å². The van der Waals surface area contributed by atoms with Crippen molar-refractivity contribution in [3.05, 3.63) is 187 Å². The van der Waals surface area contributed by atoms with E-state index < -0.39 is 8.07 Å². The molecule has 0 atom stereocenters. The number of nitrogens with zero attached hydrogens (tertiary/aromatic N) is 3. The zero-order valence-electron chi connectivity index (χ0n) is 26.1. The first kappa shape index (κ1) is 29.0. The third-order valence-electron chi connectivity index (χ3n) is 9.41. The standard InChI is InChI=1S/C44H29N3Si/c45-30-32-20-26-42-40(28-32)41-29-33(31-46)21-27-43(41)47(42)35-24-22-34(23-25-35)39-18-10-11-19-44(39)48(36-12-4-1-5-13-36,37-14-6-2-7-15-37)38-16-8-3-9-17-38/h1-29H. The molecule has 7 aromatic carbocycles. The van der Waals surface area contributed by atoms with E-state index in [0.29, 0.717) is 11.1 Å². The van der Waals surface area contributed by atoms with Crippen molar-refractivity contribution in [1.29, 1.82) is 10.5 Å². The summed E-state index contributed by atoms with van der Waals surface area (Å²) in [4.78, 5) is 0. The average molecular weight is 628 g/mol. The van der Waals surface area contributed by atoms with Crippen LogP contribution >= 0.6 is 0 Å². The maximum absolute atomic E-state index is 9.62. The summed E-state index contributed by atoms with van der Waals surface area (Å²) in [6.45, 7) is 0. The highest BCUT2D eigenvalue weighted by Crippen LogP contribution is 2.34. The Labute approximate surface area is 280 Å². The van der Waals surface area contributed by atoms with E-state index in [2.05, 4.69) is 156 Å². The summed E-state index contributed by atoms with van der Waals surface area (Å²) in [5, 5.41) is 26.5. The van der Waals surface area contributed by atoms with E-state index in [-0.39, 0.29) is 0 Å². The van der Waals surface area contributed by atoms with Crippen LogP contribution in [0, 0.1) is 22.7 Å². The van der Waals surface area contributed by atoms with Crippen molar-refractivity contribution in [1.82, 2.24) is 4.57 Å². The Kier molecular flexibility index (Phi) is 7.27. The molecule has 0 saturated heterocycles. The zero-order valence-corrected chi connectivity index (χ0v) is 27.1. The van der Waals surface area contributed by atoms with Gasteiger partial charge in [0.05, 0.1) is 34.3 Å². The Morgan fingerprint density at radius 2 is 0.875 bits per heavy atom. The van der Waals surface area contributed by atoms with Crippen molar-refractivity contribution in [3.63, 3.8) is 0 Å². The number of hydrogen-bond acceptors (Lipinski definition) is 2. The third kappa shape index (κ3) is 4.64. The van der Waals surface area contributed by atoms with E-state index in [1.54, 1.807) is 0 Å². The van der Waals surface area contributed by atoms with Gasteiger partial charge in [-0.25, -0.2) is 0 Å². The Morgan fingerprint density at radius 1 is 0.438 bits per heavy atom. The van der Waals surface area contributed by atoms with Gasteiger partial charge < -0.3 is 4.57 Å². The van der Waals surface area contributed by atoms with Gasteiger partial charge in [0, 0.05) is 16.5 Å². The minimum Gasteiger partial charge on any atom is -0.309 e. The number of rotatable bonds is 6. The van der Waals surface area contributed by atoms with Gasteiger partial charge in [0.15, 0.2) is 8.07 Å². The number of benzene rings is 7. The Balaban J connectivity index is 1.35.